The third-order valence-electron chi connectivity index (χ3n) is 3.78. The van der Waals surface area contributed by atoms with Crippen molar-refractivity contribution in [3.8, 4) is 22.6 Å². The first-order chi connectivity index (χ1) is 13.5. The number of carbonyl (C=O) groups is 1. The maximum Gasteiger partial charge on any atom is 0.277 e. The summed E-state index contributed by atoms with van der Waals surface area (Å²) in [4.78, 5) is 11.9. The normalized spacial score (nSPS) is 10.8. The van der Waals surface area contributed by atoms with Gasteiger partial charge in [0.15, 0.2) is 6.61 Å². The highest BCUT2D eigenvalue weighted by molar-refractivity contribution is 9.10. The molecule has 0 spiro atoms. The topological polar surface area (TPSA) is 70.9 Å². The molecule has 0 saturated carbocycles. The Balaban J connectivity index is 1.56. The average molecular weight is 504 g/mol. The number of ether oxygens (including phenoxy) is 1. The number of halogens is 2. The minimum absolute atomic E-state index is 0.0693. The van der Waals surface area contributed by atoms with E-state index in [9.17, 15) is 9.90 Å². The summed E-state index contributed by atoms with van der Waals surface area (Å²) in [5.41, 5.74) is 4.99. The van der Waals surface area contributed by atoms with Gasteiger partial charge in [0.25, 0.3) is 5.91 Å². The van der Waals surface area contributed by atoms with Crippen molar-refractivity contribution in [2.75, 3.05) is 6.61 Å². The summed E-state index contributed by atoms with van der Waals surface area (Å²) in [6, 6.07) is 20.6. The SMILES string of the molecule is O=C(COc1ccc(-c2ccccc2)cc1Br)N/N=C/c1cc(Br)ccc1O. The van der Waals surface area contributed by atoms with Gasteiger partial charge in [0, 0.05) is 10.0 Å². The Bertz CT molecular complexity index is 1010. The van der Waals surface area contributed by atoms with Crippen molar-refractivity contribution < 1.29 is 14.6 Å². The third-order valence-corrected chi connectivity index (χ3v) is 4.89. The van der Waals surface area contributed by atoms with E-state index >= 15 is 0 Å². The molecule has 3 aromatic rings. The van der Waals surface area contributed by atoms with Crippen LogP contribution in [-0.2, 0) is 4.79 Å². The summed E-state index contributed by atoms with van der Waals surface area (Å²) >= 11 is 6.78. The van der Waals surface area contributed by atoms with Crippen LogP contribution in [0.4, 0.5) is 0 Å². The lowest BCUT2D eigenvalue weighted by atomic mass is 10.1. The Morgan fingerprint density at radius 3 is 2.57 bits per heavy atom. The number of rotatable bonds is 6. The molecule has 1 amide bonds. The first-order valence-corrected chi connectivity index (χ1v) is 9.90. The molecule has 5 nitrogen and oxygen atoms in total. The van der Waals surface area contributed by atoms with Gasteiger partial charge in [-0.15, -0.1) is 0 Å². The van der Waals surface area contributed by atoms with E-state index in [0.717, 1.165) is 20.1 Å². The van der Waals surface area contributed by atoms with Gasteiger partial charge in [-0.1, -0.05) is 52.3 Å². The predicted octanol–water partition coefficient (Wildman–Crippen LogP) is 5.11. The van der Waals surface area contributed by atoms with E-state index < -0.39 is 5.91 Å². The number of carbonyl (C=O) groups excluding carboxylic acids is 1. The molecule has 0 aliphatic carbocycles. The van der Waals surface area contributed by atoms with Crippen LogP contribution in [0.15, 0.2) is 80.8 Å². The fourth-order valence-corrected chi connectivity index (χ4v) is 3.28. The van der Waals surface area contributed by atoms with Gasteiger partial charge in [0.2, 0.25) is 0 Å². The number of aromatic hydroxyl groups is 1. The van der Waals surface area contributed by atoms with Crippen LogP contribution in [0.3, 0.4) is 0 Å². The lowest BCUT2D eigenvalue weighted by molar-refractivity contribution is -0.123. The minimum Gasteiger partial charge on any atom is -0.507 e. The molecule has 3 aromatic carbocycles. The Kier molecular flexibility index (Phi) is 6.84. The molecule has 0 atom stereocenters. The van der Waals surface area contributed by atoms with Gasteiger partial charge < -0.3 is 9.84 Å². The summed E-state index contributed by atoms with van der Waals surface area (Å²) in [5, 5.41) is 13.6. The van der Waals surface area contributed by atoms with E-state index in [1.807, 2.05) is 48.5 Å². The molecule has 3 rings (SSSR count). The van der Waals surface area contributed by atoms with Crippen molar-refractivity contribution in [3.05, 3.63) is 81.2 Å². The van der Waals surface area contributed by atoms with E-state index in [4.69, 9.17) is 4.74 Å². The molecule has 0 heterocycles. The number of nitrogens with one attached hydrogen (secondary N) is 1. The van der Waals surface area contributed by atoms with Crippen LogP contribution in [0.2, 0.25) is 0 Å². The highest BCUT2D eigenvalue weighted by Gasteiger charge is 2.07. The summed E-state index contributed by atoms with van der Waals surface area (Å²) in [5.74, 6) is 0.216. The highest BCUT2D eigenvalue weighted by atomic mass is 79.9. The van der Waals surface area contributed by atoms with E-state index in [0.29, 0.717) is 11.3 Å². The Labute approximate surface area is 179 Å². The molecule has 28 heavy (non-hydrogen) atoms. The number of hydrazone groups is 1. The van der Waals surface area contributed by atoms with E-state index in [1.54, 1.807) is 12.1 Å². The fraction of sp³-hybridized carbons (Fsp3) is 0.0476. The predicted molar refractivity (Wildman–Crippen MR) is 117 cm³/mol. The first kappa shape index (κ1) is 20.1. The van der Waals surface area contributed by atoms with Gasteiger partial charge >= 0.3 is 0 Å². The summed E-state index contributed by atoms with van der Waals surface area (Å²) < 4.78 is 7.10. The monoisotopic (exact) mass is 502 g/mol. The zero-order valence-electron chi connectivity index (χ0n) is 14.6. The van der Waals surface area contributed by atoms with Crippen molar-refractivity contribution in [2.45, 2.75) is 0 Å². The second kappa shape index (κ2) is 9.52. The van der Waals surface area contributed by atoms with Gasteiger partial charge in [-0.25, -0.2) is 5.43 Å². The molecule has 0 aliphatic heterocycles. The van der Waals surface area contributed by atoms with Crippen molar-refractivity contribution in [3.63, 3.8) is 0 Å². The number of hydrogen-bond acceptors (Lipinski definition) is 4. The molecule has 0 unspecified atom stereocenters. The maximum absolute atomic E-state index is 11.9. The molecule has 0 aliphatic rings. The molecule has 0 radical (unpaired) electrons. The standard InChI is InChI=1S/C21H16Br2N2O3/c22-17-7-8-19(26)16(10-17)12-24-25-21(27)13-28-20-9-6-15(11-18(20)23)14-4-2-1-3-5-14/h1-12,26H,13H2,(H,25,27)/b24-12+. The van der Waals surface area contributed by atoms with Crippen LogP contribution in [-0.4, -0.2) is 23.8 Å². The van der Waals surface area contributed by atoms with Crippen LogP contribution in [0.25, 0.3) is 11.1 Å². The zero-order chi connectivity index (χ0) is 19.9. The molecule has 0 aromatic heterocycles. The van der Waals surface area contributed by atoms with Gasteiger partial charge in [-0.3, -0.25) is 4.79 Å². The van der Waals surface area contributed by atoms with Gasteiger partial charge in [-0.05, 0) is 57.4 Å². The quantitative estimate of drug-likeness (QED) is 0.362. The lowest BCUT2D eigenvalue weighted by Gasteiger charge is -2.09. The Morgan fingerprint density at radius 2 is 1.82 bits per heavy atom. The largest absolute Gasteiger partial charge is 0.507 e. The van der Waals surface area contributed by atoms with Crippen LogP contribution in [0.1, 0.15) is 5.56 Å². The second-order valence-corrected chi connectivity index (χ2v) is 7.57. The van der Waals surface area contributed by atoms with Crippen molar-refractivity contribution in [1.82, 2.24) is 5.43 Å². The molecule has 7 heteroatoms. The number of phenols is 1. The Hall–Kier alpha value is -2.64. The van der Waals surface area contributed by atoms with Crippen LogP contribution in [0, 0.1) is 0 Å². The summed E-state index contributed by atoms with van der Waals surface area (Å²) in [6.45, 7) is -0.189. The van der Waals surface area contributed by atoms with Gasteiger partial charge in [0.1, 0.15) is 11.5 Å². The third kappa shape index (κ3) is 5.43. The van der Waals surface area contributed by atoms with Gasteiger partial charge in [0.05, 0.1) is 10.7 Å². The van der Waals surface area contributed by atoms with E-state index in [2.05, 4.69) is 42.4 Å². The molecule has 2 N–H and O–H groups in total. The molecule has 0 saturated heterocycles. The number of amides is 1. The maximum atomic E-state index is 11.9. The first-order valence-electron chi connectivity index (χ1n) is 8.31. The van der Waals surface area contributed by atoms with Crippen LogP contribution >= 0.6 is 31.9 Å². The highest BCUT2D eigenvalue weighted by Crippen LogP contribution is 2.30. The average Bonchev–Trinajstić information content (AvgIpc) is 2.70. The van der Waals surface area contributed by atoms with Crippen molar-refractivity contribution in [1.29, 1.82) is 0 Å². The van der Waals surface area contributed by atoms with Crippen LogP contribution in [0.5, 0.6) is 11.5 Å². The van der Waals surface area contributed by atoms with Crippen molar-refractivity contribution >= 4 is 44.0 Å². The fourth-order valence-electron chi connectivity index (χ4n) is 2.41. The number of benzene rings is 3. The molecule has 0 fully saturated rings. The smallest absolute Gasteiger partial charge is 0.277 e. The summed E-state index contributed by atoms with van der Waals surface area (Å²) in [7, 11) is 0. The van der Waals surface area contributed by atoms with Crippen LogP contribution < -0.4 is 10.2 Å². The molecular formula is C21H16Br2N2O3. The van der Waals surface area contributed by atoms with E-state index in [-0.39, 0.29) is 12.4 Å². The number of hydrogen-bond donors (Lipinski definition) is 2. The summed E-state index contributed by atoms with van der Waals surface area (Å²) in [6.07, 6.45) is 1.36. The zero-order valence-corrected chi connectivity index (χ0v) is 17.8. The number of phenolic OH excluding ortho intramolecular Hbond substituents is 1. The number of nitrogens with zero attached hydrogens (tertiary/aromatic N) is 1. The molecular weight excluding hydrogens is 488 g/mol. The Morgan fingerprint density at radius 1 is 1.04 bits per heavy atom. The minimum atomic E-state index is -0.412. The van der Waals surface area contributed by atoms with Crippen molar-refractivity contribution in [2.24, 2.45) is 5.10 Å². The van der Waals surface area contributed by atoms with E-state index in [1.165, 1.54) is 12.3 Å². The molecule has 142 valence electrons. The second-order valence-electron chi connectivity index (χ2n) is 5.80. The van der Waals surface area contributed by atoms with Gasteiger partial charge in [-0.2, -0.15) is 5.10 Å². The lowest BCUT2D eigenvalue weighted by Crippen LogP contribution is -2.24. The molecule has 0 bridgehead atoms.